The molecule has 3 aromatic rings. The van der Waals surface area contributed by atoms with Crippen LogP contribution in [-0.2, 0) is 14.3 Å². The van der Waals surface area contributed by atoms with Gasteiger partial charge in [0.15, 0.2) is 17.6 Å². The van der Waals surface area contributed by atoms with Gasteiger partial charge in [-0.1, -0.05) is 40.2 Å². The van der Waals surface area contributed by atoms with E-state index in [-0.39, 0.29) is 17.4 Å². The first-order valence-electron chi connectivity index (χ1n) is 11.8. The third-order valence-corrected chi connectivity index (χ3v) is 6.13. The largest absolute Gasteiger partial charge is 0.504 e. The molecule has 9 nitrogen and oxygen atoms in total. The standard InChI is InChI=1S/C28H30BrN3O6/c1-36-24-16-11-18(17-23(24)33)27(38-28(35)31-20-14-12-19(29)13-15-20)25(37-2)9-5-6-10-26(34)32-22-8-4-3-7-21(22)30/h3-4,6-8,10-17,25,27,33H,5,9,30H2,1-2H3,(H,31,35)(H,32,34)/b10-6+/t25-,27-/m0/s1. The van der Waals surface area contributed by atoms with Crippen molar-refractivity contribution in [2.75, 3.05) is 30.6 Å². The molecule has 0 aliphatic rings. The molecule has 0 spiro atoms. The second kappa shape index (κ2) is 14.1. The van der Waals surface area contributed by atoms with E-state index in [0.29, 0.717) is 35.5 Å². The highest BCUT2D eigenvalue weighted by Gasteiger charge is 2.28. The molecule has 0 saturated carbocycles. The average Bonchev–Trinajstić information content (AvgIpc) is 2.90. The molecule has 0 unspecified atom stereocenters. The third kappa shape index (κ3) is 8.25. The maximum absolute atomic E-state index is 12.8. The highest BCUT2D eigenvalue weighted by atomic mass is 79.9. The highest BCUT2D eigenvalue weighted by Crippen LogP contribution is 2.34. The van der Waals surface area contributed by atoms with E-state index < -0.39 is 18.3 Å². The van der Waals surface area contributed by atoms with Crippen LogP contribution in [0.4, 0.5) is 21.9 Å². The van der Waals surface area contributed by atoms with Crippen molar-refractivity contribution in [2.45, 2.75) is 25.0 Å². The molecule has 0 fully saturated rings. The van der Waals surface area contributed by atoms with E-state index in [2.05, 4.69) is 26.6 Å². The Hall–Kier alpha value is -4.02. The zero-order valence-electron chi connectivity index (χ0n) is 21.0. The van der Waals surface area contributed by atoms with Gasteiger partial charge in [0.2, 0.25) is 5.91 Å². The third-order valence-electron chi connectivity index (χ3n) is 5.60. The van der Waals surface area contributed by atoms with Crippen LogP contribution in [0.2, 0.25) is 0 Å². The van der Waals surface area contributed by atoms with Gasteiger partial charge >= 0.3 is 6.09 Å². The number of methoxy groups -OCH3 is 2. The van der Waals surface area contributed by atoms with Crippen LogP contribution in [0.3, 0.4) is 0 Å². The van der Waals surface area contributed by atoms with Crippen LogP contribution in [0, 0.1) is 0 Å². The Kier molecular flexibility index (Phi) is 10.6. The van der Waals surface area contributed by atoms with E-state index >= 15 is 0 Å². The van der Waals surface area contributed by atoms with Crippen molar-refractivity contribution in [3.63, 3.8) is 0 Å². The fourth-order valence-corrected chi connectivity index (χ4v) is 3.93. The lowest BCUT2D eigenvalue weighted by Crippen LogP contribution is -2.28. The van der Waals surface area contributed by atoms with Gasteiger partial charge in [0, 0.05) is 17.3 Å². The van der Waals surface area contributed by atoms with Gasteiger partial charge in [-0.3, -0.25) is 10.1 Å². The van der Waals surface area contributed by atoms with Crippen LogP contribution in [0.5, 0.6) is 11.5 Å². The first-order valence-corrected chi connectivity index (χ1v) is 12.5. The van der Waals surface area contributed by atoms with Crippen molar-refractivity contribution in [2.24, 2.45) is 0 Å². The minimum Gasteiger partial charge on any atom is -0.504 e. The lowest BCUT2D eigenvalue weighted by molar-refractivity contribution is -0.111. The topological polar surface area (TPSA) is 132 Å². The van der Waals surface area contributed by atoms with Crippen LogP contribution in [0.25, 0.3) is 0 Å². The first kappa shape index (κ1) is 28.5. The monoisotopic (exact) mass is 583 g/mol. The van der Waals surface area contributed by atoms with E-state index in [1.54, 1.807) is 66.7 Å². The number of phenols is 1. The summed E-state index contributed by atoms with van der Waals surface area (Å²) in [6, 6.07) is 18.8. The summed E-state index contributed by atoms with van der Waals surface area (Å²) in [5, 5.41) is 15.7. The van der Waals surface area contributed by atoms with Crippen LogP contribution in [0.15, 0.2) is 83.4 Å². The van der Waals surface area contributed by atoms with Crippen molar-refractivity contribution < 1.29 is 28.9 Å². The van der Waals surface area contributed by atoms with Gasteiger partial charge < -0.3 is 30.4 Å². The summed E-state index contributed by atoms with van der Waals surface area (Å²) in [7, 11) is 2.95. The summed E-state index contributed by atoms with van der Waals surface area (Å²) < 4.78 is 17.4. The Morgan fingerprint density at radius 1 is 1.05 bits per heavy atom. The van der Waals surface area contributed by atoms with E-state index in [4.69, 9.17) is 19.9 Å². The van der Waals surface area contributed by atoms with E-state index in [1.165, 1.54) is 26.4 Å². The normalized spacial score (nSPS) is 12.5. The molecule has 38 heavy (non-hydrogen) atoms. The minimum absolute atomic E-state index is 0.0986. The molecule has 0 aromatic heterocycles. The van der Waals surface area contributed by atoms with Gasteiger partial charge in [-0.15, -0.1) is 0 Å². The average molecular weight is 584 g/mol. The summed E-state index contributed by atoms with van der Waals surface area (Å²) in [6.07, 6.45) is 1.84. The molecule has 0 saturated heterocycles. The summed E-state index contributed by atoms with van der Waals surface area (Å²) in [6.45, 7) is 0. The molecule has 0 aliphatic carbocycles. The summed E-state index contributed by atoms with van der Waals surface area (Å²) in [5.41, 5.74) is 7.93. The van der Waals surface area contributed by atoms with Gasteiger partial charge in [-0.2, -0.15) is 0 Å². The molecule has 200 valence electrons. The van der Waals surface area contributed by atoms with Crippen molar-refractivity contribution in [1.29, 1.82) is 0 Å². The minimum atomic E-state index is -0.862. The fraction of sp³-hybridized carbons (Fsp3) is 0.214. The molecule has 0 aliphatic heterocycles. The number of hydrogen-bond donors (Lipinski definition) is 4. The number of benzene rings is 3. The number of para-hydroxylation sites is 2. The number of carbonyl (C=O) groups is 2. The SMILES string of the molecule is COc1ccc([C@H](OC(=O)Nc2ccc(Br)cc2)[C@H](CC/C=C/C(=O)Nc2ccccc2N)OC)cc1O. The van der Waals surface area contributed by atoms with Gasteiger partial charge in [-0.25, -0.2) is 4.79 Å². The summed E-state index contributed by atoms with van der Waals surface area (Å²) >= 11 is 3.36. The number of anilines is 3. The Bertz CT molecular complexity index is 1270. The van der Waals surface area contributed by atoms with Gasteiger partial charge in [0.05, 0.1) is 24.6 Å². The van der Waals surface area contributed by atoms with Crippen LogP contribution < -0.4 is 21.1 Å². The first-order chi connectivity index (χ1) is 18.3. The predicted octanol–water partition coefficient (Wildman–Crippen LogP) is 6.03. The van der Waals surface area contributed by atoms with E-state index in [9.17, 15) is 14.7 Å². The van der Waals surface area contributed by atoms with Gasteiger partial charge in [0.25, 0.3) is 0 Å². The molecule has 3 aromatic carbocycles. The Balaban J connectivity index is 1.70. The second-order valence-corrected chi connectivity index (χ2v) is 9.14. The number of ether oxygens (including phenoxy) is 3. The van der Waals surface area contributed by atoms with Crippen LogP contribution in [0.1, 0.15) is 24.5 Å². The number of aromatic hydroxyl groups is 1. The molecular weight excluding hydrogens is 554 g/mol. The number of hydrogen-bond acceptors (Lipinski definition) is 7. The highest BCUT2D eigenvalue weighted by molar-refractivity contribution is 9.10. The van der Waals surface area contributed by atoms with Crippen molar-refractivity contribution in [3.8, 4) is 11.5 Å². The number of rotatable bonds is 11. The maximum Gasteiger partial charge on any atom is 0.412 e. The Labute approximate surface area is 229 Å². The number of amides is 2. The molecule has 5 N–H and O–H groups in total. The zero-order chi connectivity index (χ0) is 27.5. The van der Waals surface area contributed by atoms with Crippen molar-refractivity contribution in [1.82, 2.24) is 0 Å². The number of nitrogens with two attached hydrogens (primary N) is 1. The fourth-order valence-electron chi connectivity index (χ4n) is 3.67. The number of nitrogen functional groups attached to an aromatic ring is 1. The number of phenolic OH excluding ortho intramolecular Hbond substituents is 1. The van der Waals surface area contributed by atoms with E-state index in [0.717, 1.165) is 4.47 Å². The number of nitrogens with one attached hydrogen (secondary N) is 2. The van der Waals surface area contributed by atoms with Crippen LogP contribution in [-0.4, -0.2) is 37.4 Å². The van der Waals surface area contributed by atoms with E-state index in [1.807, 2.05) is 0 Å². The number of allylic oxidation sites excluding steroid dienone is 1. The van der Waals surface area contributed by atoms with Crippen LogP contribution >= 0.6 is 15.9 Å². The lowest BCUT2D eigenvalue weighted by atomic mass is 9.99. The summed E-state index contributed by atoms with van der Waals surface area (Å²) in [5.74, 6) is -0.133. The molecule has 2 amide bonds. The molecule has 3 rings (SSSR count). The smallest absolute Gasteiger partial charge is 0.412 e. The maximum atomic E-state index is 12.8. The number of carbonyl (C=O) groups excluding carboxylic acids is 2. The van der Waals surface area contributed by atoms with Gasteiger partial charge in [0.1, 0.15) is 0 Å². The molecule has 2 atom stereocenters. The summed E-state index contributed by atoms with van der Waals surface area (Å²) in [4.78, 5) is 25.0. The Morgan fingerprint density at radius 3 is 2.45 bits per heavy atom. The molecule has 0 heterocycles. The molecular formula is C28H30BrN3O6. The Morgan fingerprint density at radius 2 is 1.79 bits per heavy atom. The second-order valence-electron chi connectivity index (χ2n) is 8.22. The molecule has 0 bridgehead atoms. The molecule has 0 radical (unpaired) electrons. The zero-order valence-corrected chi connectivity index (χ0v) is 22.6. The predicted molar refractivity (Wildman–Crippen MR) is 150 cm³/mol. The molecule has 10 heteroatoms. The lowest BCUT2D eigenvalue weighted by Gasteiger charge is -2.26. The number of halogens is 1. The van der Waals surface area contributed by atoms with Crippen molar-refractivity contribution >= 4 is 45.0 Å². The van der Waals surface area contributed by atoms with Gasteiger partial charge in [-0.05, 0) is 73.0 Å². The quantitative estimate of drug-likeness (QED) is 0.160. The van der Waals surface area contributed by atoms with Crippen molar-refractivity contribution in [3.05, 3.63) is 88.9 Å².